The van der Waals surface area contributed by atoms with Gasteiger partial charge in [0, 0.05) is 18.1 Å². The van der Waals surface area contributed by atoms with Crippen molar-refractivity contribution < 1.29 is 0 Å². The molecule has 0 bridgehead atoms. The van der Waals surface area contributed by atoms with Crippen LogP contribution in [0.5, 0.6) is 0 Å². The Kier molecular flexibility index (Phi) is 10.7. The number of allylic oxidation sites excluding steroid dienone is 3. The van der Waals surface area contributed by atoms with Crippen LogP contribution in [-0.2, 0) is 0 Å². The van der Waals surface area contributed by atoms with Crippen molar-refractivity contribution in [3.05, 3.63) is 134 Å². The minimum atomic E-state index is 0. The molecule has 0 saturated heterocycles. The molecule has 6 nitrogen and oxygen atoms in total. The fourth-order valence-electron chi connectivity index (χ4n) is 2.89. The Bertz CT molecular complexity index is 1330. The third-order valence-corrected chi connectivity index (χ3v) is 4.67. The molecule has 0 spiro atoms. The monoisotopic (exact) mass is 536 g/mol. The zero-order valence-electron chi connectivity index (χ0n) is 19.4. The molecule has 0 radical (unpaired) electrons. The number of nitrogens with one attached hydrogen (secondary N) is 1. The van der Waals surface area contributed by atoms with E-state index in [1.54, 1.807) is 6.21 Å². The molecule has 36 heavy (non-hydrogen) atoms. The standard InChI is InChI=1S/C29H24N6.BrH/c1-4-10-26(11-5-1)32-34-28-18-14-24(15-19-28)30-22-8-3-9-23-31-25-16-20-29(21-17-25)35-33-27-12-6-2-7-13-27;/h1-23,30H;1H/b9-3+,22-8+,31-23?,34-32?,35-33?;. The highest BCUT2D eigenvalue weighted by Gasteiger charge is 1.93. The quantitative estimate of drug-likeness (QED) is 0.129. The maximum absolute atomic E-state index is 4.41. The molecule has 178 valence electrons. The molecule has 0 atom stereocenters. The van der Waals surface area contributed by atoms with E-state index in [1.807, 2.05) is 134 Å². The summed E-state index contributed by atoms with van der Waals surface area (Å²) >= 11 is 0. The van der Waals surface area contributed by atoms with Crippen LogP contribution in [0.2, 0.25) is 0 Å². The maximum Gasteiger partial charge on any atom is 0.0858 e. The maximum atomic E-state index is 4.41. The third-order valence-electron chi connectivity index (χ3n) is 4.67. The predicted molar refractivity (Wildman–Crippen MR) is 154 cm³/mol. The molecule has 0 aliphatic heterocycles. The summed E-state index contributed by atoms with van der Waals surface area (Å²) in [7, 11) is 0. The first-order valence-corrected chi connectivity index (χ1v) is 11.1. The van der Waals surface area contributed by atoms with Gasteiger partial charge in [-0.15, -0.1) is 17.0 Å². The van der Waals surface area contributed by atoms with Crippen molar-refractivity contribution in [3.63, 3.8) is 0 Å². The first kappa shape index (κ1) is 26.1. The highest BCUT2D eigenvalue weighted by atomic mass is 79.9. The Hall–Kier alpha value is -4.49. The van der Waals surface area contributed by atoms with E-state index in [1.165, 1.54) is 0 Å². The van der Waals surface area contributed by atoms with Crippen LogP contribution in [0.25, 0.3) is 0 Å². The zero-order valence-corrected chi connectivity index (χ0v) is 21.1. The van der Waals surface area contributed by atoms with Crippen LogP contribution in [0.4, 0.5) is 34.1 Å². The van der Waals surface area contributed by atoms with E-state index in [9.17, 15) is 0 Å². The smallest absolute Gasteiger partial charge is 0.0858 e. The first-order valence-electron chi connectivity index (χ1n) is 11.1. The number of azo groups is 2. The summed E-state index contributed by atoms with van der Waals surface area (Å²) in [6, 6.07) is 34.6. The number of hydrogen-bond acceptors (Lipinski definition) is 6. The van der Waals surface area contributed by atoms with E-state index < -0.39 is 0 Å². The van der Waals surface area contributed by atoms with Crippen LogP contribution in [0.15, 0.2) is 159 Å². The normalized spacial score (nSPS) is 11.7. The predicted octanol–water partition coefficient (Wildman–Crippen LogP) is 9.98. The molecule has 0 aromatic heterocycles. The number of nitrogens with zero attached hydrogens (tertiary/aromatic N) is 5. The van der Waals surface area contributed by atoms with Crippen molar-refractivity contribution in [3.8, 4) is 0 Å². The molecule has 0 aliphatic carbocycles. The van der Waals surface area contributed by atoms with E-state index in [-0.39, 0.29) is 17.0 Å². The highest BCUT2D eigenvalue weighted by molar-refractivity contribution is 8.93. The van der Waals surface area contributed by atoms with Crippen LogP contribution in [-0.4, -0.2) is 6.21 Å². The van der Waals surface area contributed by atoms with Gasteiger partial charge in [-0.1, -0.05) is 42.5 Å². The molecule has 0 saturated carbocycles. The van der Waals surface area contributed by atoms with Crippen LogP contribution in [0, 0.1) is 0 Å². The summed E-state index contributed by atoms with van der Waals surface area (Å²) in [5, 5.41) is 20.1. The lowest BCUT2D eigenvalue weighted by atomic mass is 10.3. The van der Waals surface area contributed by atoms with Gasteiger partial charge < -0.3 is 5.32 Å². The molecule has 4 rings (SSSR count). The first-order chi connectivity index (χ1) is 17.3. The molecule has 0 amide bonds. The van der Waals surface area contributed by atoms with Crippen LogP contribution < -0.4 is 5.32 Å². The Morgan fingerprint density at radius 3 is 1.42 bits per heavy atom. The van der Waals surface area contributed by atoms with E-state index >= 15 is 0 Å². The highest BCUT2D eigenvalue weighted by Crippen LogP contribution is 2.22. The number of anilines is 1. The van der Waals surface area contributed by atoms with Crippen LogP contribution in [0.1, 0.15) is 0 Å². The van der Waals surface area contributed by atoms with Crippen molar-refractivity contribution in [2.45, 2.75) is 0 Å². The molecule has 0 aliphatic rings. The van der Waals surface area contributed by atoms with Crippen molar-refractivity contribution in [1.29, 1.82) is 0 Å². The second-order valence-corrected chi connectivity index (χ2v) is 7.30. The summed E-state index contributed by atoms with van der Waals surface area (Å²) in [6.45, 7) is 0. The second-order valence-electron chi connectivity index (χ2n) is 7.30. The largest absolute Gasteiger partial charge is 0.362 e. The van der Waals surface area contributed by atoms with Gasteiger partial charge in [0.25, 0.3) is 0 Å². The minimum Gasteiger partial charge on any atom is -0.362 e. The SMILES string of the molecule is Br.C(/C=C/C=C/Nc1ccc(N=Nc2ccccc2)cc1)=Nc1ccc(N=Nc2ccccc2)cc1. The summed E-state index contributed by atoms with van der Waals surface area (Å²) in [5.41, 5.74) is 5.04. The number of halogens is 1. The molecule has 1 N–H and O–H groups in total. The Morgan fingerprint density at radius 2 is 0.889 bits per heavy atom. The molecule has 0 fully saturated rings. The molecular weight excluding hydrogens is 512 g/mol. The van der Waals surface area contributed by atoms with Gasteiger partial charge in [0.15, 0.2) is 0 Å². The van der Waals surface area contributed by atoms with Gasteiger partial charge in [-0.05, 0) is 84.9 Å². The number of rotatable bonds is 9. The number of aliphatic imine (C=N–C) groups is 1. The van der Waals surface area contributed by atoms with Gasteiger partial charge in [-0.25, -0.2) is 0 Å². The molecule has 4 aromatic rings. The van der Waals surface area contributed by atoms with Crippen LogP contribution in [0.3, 0.4) is 0 Å². The Labute approximate surface area is 221 Å². The van der Waals surface area contributed by atoms with Gasteiger partial charge in [-0.2, -0.15) is 20.5 Å². The third kappa shape index (κ3) is 9.04. The lowest BCUT2D eigenvalue weighted by molar-refractivity contribution is 1.23. The minimum absolute atomic E-state index is 0. The zero-order chi connectivity index (χ0) is 24.0. The average molecular weight is 537 g/mol. The summed E-state index contributed by atoms with van der Waals surface area (Å²) in [6.07, 6.45) is 9.28. The van der Waals surface area contributed by atoms with Gasteiger partial charge >= 0.3 is 0 Å². The van der Waals surface area contributed by atoms with Gasteiger partial charge in [-0.3, -0.25) is 4.99 Å². The van der Waals surface area contributed by atoms with E-state index in [0.29, 0.717) is 0 Å². The van der Waals surface area contributed by atoms with Gasteiger partial charge in [0.1, 0.15) is 0 Å². The lowest BCUT2D eigenvalue weighted by Crippen LogP contribution is -1.85. The summed E-state index contributed by atoms with van der Waals surface area (Å²) in [4.78, 5) is 4.41. The fraction of sp³-hybridized carbons (Fsp3) is 0. The molecule has 7 heteroatoms. The molecule has 4 aromatic carbocycles. The Morgan fingerprint density at radius 1 is 0.444 bits per heavy atom. The molecular formula is C29H25BrN6. The van der Waals surface area contributed by atoms with Crippen molar-refractivity contribution in [1.82, 2.24) is 0 Å². The van der Waals surface area contributed by atoms with Crippen LogP contribution >= 0.6 is 17.0 Å². The fourth-order valence-corrected chi connectivity index (χ4v) is 2.89. The average Bonchev–Trinajstić information content (AvgIpc) is 2.93. The Balaban J connectivity index is 0.00000361. The summed E-state index contributed by atoms with van der Waals surface area (Å²) < 4.78 is 0. The lowest BCUT2D eigenvalue weighted by Gasteiger charge is -2.00. The van der Waals surface area contributed by atoms with Gasteiger partial charge in [0.2, 0.25) is 0 Å². The van der Waals surface area contributed by atoms with Gasteiger partial charge in [0.05, 0.1) is 28.4 Å². The van der Waals surface area contributed by atoms with Crippen molar-refractivity contribution >= 4 is 57.3 Å². The van der Waals surface area contributed by atoms with E-state index in [2.05, 4.69) is 30.8 Å². The molecule has 0 heterocycles. The van der Waals surface area contributed by atoms with E-state index in [0.717, 1.165) is 34.1 Å². The topological polar surface area (TPSA) is 73.8 Å². The second kappa shape index (κ2) is 14.7. The molecule has 0 unspecified atom stereocenters. The van der Waals surface area contributed by atoms with Crippen molar-refractivity contribution in [2.24, 2.45) is 25.4 Å². The summed E-state index contributed by atoms with van der Waals surface area (Å²) in [5.74, 6) is 0. The number of benzene rings is 4. The van der Waals surface area contributed by atoms with Crippen molar-refractivity contribution in [2.75, 3.05) is 5.32 Å². The number of hydrogen-bond donors (Lipinski definition) is 1. The van der Waals surface area contributed by atoms with E-state index in [4.69, 9.17) is 0 Å².